The maximum absolute atomic E-state index is 10.5. The maximum Gasteiger partial charge on any atom is 0.351 e. The smallest absolute Gasteiger partial charge is 0.351 e. The fourth-order valence-electron chi connectivity index (χ4n) is 0.363. The molecule has 0 unspecified atom stereocenters. The van der Waals surface area contributed by atoms with Crippen molar-refractivity contribution < 1.29 is 9.53 Å². The van der Waals surface area contributed by atoms with E-state index >= 15 is 0 Å². The molecule has 0 aromatic heterocycles. The Balaban J connectivity index is 0. The molecule has 4 heteroatoms. The van der Waals surface area contributed by atoms with Crippen molar-refractivity contribution in [3.05, 3.63) is 0 Å². The van der Waals surface area contributed by atoms with Crippen LogP contribution in [0.25, 0.3) is 0 Å². The summed E-state index contributed by atoms with van der Waals surface area (Å²) in [7, 11) is 0. The summed E-state index contributed by atoms with van der Waals surface area (Å²) in [6, 6.07) is 0. The van der Waals surface area contributed by atoms with Gasteiger partial charge >= 0.3 is 5.97 Å². The van der Waals surface area contributed by atoms with Crippen LogP contribution in [0.15, 0.2) is 0 Å². The van der Waals surface area contributed by atoms with Crippen LogP contribution >= 0.6 is 12.4 Å². The van der Waals surface area contributed by atoms with E-state index in [1.807, 2.05) is 0 Å². The van der Waals surface area contributed by atoms with E-state index in [4.69, 9.17) is 5.41 Å². The van der Waals surface area contributed by atoms with Crippen LogP contribution in [-0.2, 0) is 9.53 Å². The van der Waals surface area contributed by atoms with Crippen molar-refractivity contribution in [2.24, 2.45) is 0 Å². The number of hydrogen-bond donors (Lipinski definition) is 1. The first kappa shape index (κ1) is 12.1. The molecule has 10 heavy (non-hydrogen) atoms. The number of hydrogen-bond acceptors (Lipinski definition) is 3. The van der Waals surface area contributed by atoms with E-state index in [1.54, 1.807) is 13.8 Å². The average Bonchev–Trinajstić information content (AvgIpc) is 1.87. The minimum absolute atomic E-state index is 0. The lowest BCUT2D eigenvalue weighted by Crippen LogP contribution is -2.14. The van der Waals surface area contributed by atoms with Gasteiger partial charge in [-0.15, -0.1) is 12.4 Å². The molecule has 0 radical (unpaired) electrons. The van der Waals surface area contributed by atoms with Crippen molar-refractivity contribution in [1.29, 1.82) is 5.41 Å². The Morgan fingerprint density at radius 3 is 2.30 bits per heavy atom. The minimum Gasteiger partial charge on any atom is -0.462 e. The summed E-state index contributed by atoms with van der Waals surface area (Å²) in [6.45, 7) is 3.82. The highest BCUT2D eigenvalue weighted by Gasteiger charge is 2.05. The quantitative estimate of drug-likeness (QED) is 0.508. The highest BCUT2D eigenvalue weighted by Crippen LogP contribution is 1.85. The lowest BCUT2D eigenvalue weighted by molar-refractivity contribution is -0.135. The van der Waals surface area contributed by atoms with Crippen LogP contribution in [0, 0.1) is 5.41 Å². The minimum atomic E-state index is -0.500. The first-order valence-corrected chi connectivity index (χ1v) is 2.96. The summed E-state index contributed by atoms with van der Waals surface area (Å²) >= 11 is 0. The predicted molar refractivity (Wildman–Crippen MR) is 41.9 cm³/mol. The third kappa shape index (κ3) is 4.32. The fourth-order valence-corrected chi connectivity index (χ4v) is 0.363. The second-order valence-electron chi connectivity index (χ2n) is 1.55. The largest absolute Gasteiger partial charge is 0.462 e. The van der Waals surface area contributed by atoms with Gasteiger partial charge in [0.15, 0.2) is 0 Å². The van der Waals surface area contributed by atoms with Gasteiger partial charge in [-0.25, -0.2) is 4.79 Å². The molecular weight excluding hydrogens is 154 g/mol. The van der Waals surface area contributed by atoms with Crippen LogP contribution in [0.2, 0.25) is 0 Å². The number of ether oxygens (including phenoxy) is 1. The zero-order chi connectivity index (χ0) is 7.28. The van der Waals surface area contributed by atoms with Gasteiger partial charge in [-0.05, 0) is 13.3 Å². The third-order valence-corrected chi connectivity index (χ3v) is 0.875. The highest BCUT2D eigenvalue weighted by molar-refractivity contribution is 6.34. The first-order valence-electron chi connectivity index (χ1n) is 2.96. The summed E-state index contributed by atoms with van der Waals surface area (Å²) < 4.78 is 4.53. The molecule has 0 aliphatic carbocycles. The van der Waals surface area contributed by atoms with E-state index in [2.05, 4.69) is 4.74 Å². The molecule has 0 atom stereocenters. The Labute approximate surface area is 66.7 Å². The number of nitrogens with one attached hydrogen (secondary N) is 1. The summed E-state index contributed by atoms with van der Waals surface area (Å²) in [5, 5.41) is 6.97. The van der Waals surface area contributed by atoms with Crippen molar-refractivity contribution >= 4 is 24.1 Å². The Kier molecular flexibility index (Phi) is 7.95. The molecule has 0 saturated carbocycles. The number of carbonyl (C=O) groups excluding carboxylic acids is 1. The molecule has 0 aliphatic rings. The van der Waals surface area contributed by atoms with E-state index < -0.39 is 5.97 Å². The van der Waals surface area contributed by atoms with E-state index in [0.29, 0.717) is 13.0 Å². The van der Waals surface area contributed by atoms with Crippen LogP contribution in [0.3, 0.4) is 0 Å². The second kappa shape index (κ2) is 6.55. The van der Waals surface area contributed by atoms with Crippen molar-refractivity contribution in [2.75, 3.05) is 6.61 Å². The highest BCUT2D eigenvalue weighted by atomic mass is 35.5. The lowest BCUT2D eigenvalue weighted by atomic mass is 10.3. The van der Waals surface area contributed by atoms with Crippen LogP contribution in [-0.4, -0.2) is 18.3 Å². The normalized spacial score (nSPS) is 7.80. The van der Waals surface area contributed by atoms with Crippen LogP contribution in [0.1, 0.15) is 20.3 Å². The molecule has 0 rings (SSSR count). The second-order valence-corrected chi connectivity index (χ2v) is 1.55. The molecule has 0 bridgehead atoms. The van der Waals surface area contributed by atoms with E-state index in [-0.39, 0.29) is 18.1 Å². The Morgan fingerprint density at radius 1 is 1.50 bits per heavy atom. The van der Waals surface area contributed by atoms with Crippen molar-refractivity contribution in [3.63, 3.8) is 0 Å². The monoisotopic (exact) mass is 165 g/mol. The molecule has 0 saturated heterocycles. The van der Waals surface area contributed by atoms with Crippen LogP contribution in [0.5, 0.6) is 0 Å². The fraction of sp³-hybridized carbons (Fsp3) is 0.667. The Bertz CT molecular complexity index is 125. The molecule has 0 heterocycles. The molecule has 0 aromatic rings. The van der Waals surface area contributed by atoms with Gasteiger partial charge in [0.05, 0.1) is 6.61 Å². The Morgan fingerprint density at radius 2 is 2.00 bits per heavy atom. The lowest BCUT2D eigenvalue weighted by Gasteiger charge is -1.98. The molecule has 60 valence electrons. The third-order valence-electron chi connectivity index (χ3n) is 0.875. The van der Waals surface area contributed by atoms with Crippen molar-refractivity contribution in [1.82, 2.24) is 0 Å². The number of carbonyl (C=O) groups is 1. The summed E-state index contributed by atoms with van der Waals surface area (Å²) in [6.07, 6.45) is 0.443. The van der Waals surface area contributed by atoms with Crippen LogP contribution < -0.4 is 0 Å². The maximum atomic E-state index is 10.5. The standard InChI is InChI=1S/C6H11NO2.ClH/c1-3-5(7)6(8)9-4-2;/h7H,3-4H2,1-2H3;1H. The molecule has 0 aliphatic heterocycles. The van der Waals surface area contributed by atoms with Gasteiger partial charge in [0.2, 0.25) is 0 Å². The zero-order valence-corrected chi connectivity index (χ0v) is 6.96. The van der Waals surface area contributed by atoms with Crippen molar-refractivity contribution in [3.8, 4) is 0 Å². The van der Waals surface area contributed by atoms with Gasteiger partial charge in [-0.1, -0.05) is 6.92 Å². The molecule has 0 amide bonds. The first-order chi connectivity index (χ1) is 4.22. The van der Waals surface area contributed by atoms with Gasteiger partial charge in [0.25, 0.3) is 0 Å². The molecule has 0 aromatic carbocycles. The molecule has 0 spiro atoms. The van der Waals surface area contributed by atoms with Crippen LogP contribution in [0.4, 0.5) is 0 Å². The van der Waals surface area contributed by atoms with Gasteiger partial charge in [-0.3, -0.25) is 5.41 Å². The Hall–Kier alpha value is -0.570. The van der Waals surface area contributed by atoms with Gasteiger partial charge < -0.3 is 4.74 Å². The van der Waals surface area contributed by atoms with E-state index in [1.165, 1.54) is 0 Å². The van der Waals surface area contributed by atoms with Gasteiger partial charge in [-0.2, -0.15) is 0 Å². The van der Waals surface area contributed by atoms with Gasteiger partial charge in [0.1, 0.15) is 5.71 Å². The molecular formula is C6H12ClNO2. The number of rotatable bonds is 3. The summed E-state index contributed by atoms with van der Waals surface area (Å²) in [5.41, 5.74) is 0.0388. The predicted octanol–water partition coefficient (Wildman–Crippen LogP) is 1.40. The van der Waals surface area contributed by atoms with E-state index in [0.717, 1.165) is 0 Å². The molecule has 3 nitrogen and oxygen atoms in total. The molecule has 1 N–H and O–H groups in total. The number of halogens is 1. The van der Waals surface area contributed by atoms with Crippen molar-refractivity contribution in [2.45, 2.75) is 20.3 Å². The van der Waals surface area contributed by atoms with Gasteiger partial charge in [0, 0.05) is 0 Å². The summed E-state index contributed by atoms with van der Waals surface area (Å²) in [5.74, 6) is -0.500. The topological polar surface area (TPSA) is 50.2 Å². The SMILES string of the molecule is CCOC(=O)C(=N)CC.Cl. The molecule has 0 fully saturated rings. The average molecular weight is 166 g/mol. The zero-order valence-electron chi connectivity index (χ0n) is 6.14. The summed E-state index contributed by atoms with van der Waals surface area (Å²) in [4.78, 5) is 10.5. The van der Waals surface area contributed by atoms with E-state index in [9.17, 15) is 4.79 Å². The number of esters is 1.